The van der Waals surface area contributed by atoms with Gasteiger partial charge in [0.2, 0.25) is 0 Å². The second kappa shape index (κ2) is 19.8. The summed E-state index contributed by atoms with van der Waals surface area (Å²) in [7, 11) is 0. The summed E-state index contributed by atoms with van der Waals surface area (Å²) in [6.07, 6.45) is 0. The Hall–Kier alpha value is 2.03. The summed E-state index contributed by atoms with van der Waals surface area (Å²) < 4.78 is 0. The summed E-state index contributed by atoms with van der Waals surface area (Å²) in [5, 5.41) is 0. The Morgan fingerprint density at radius 3 is 1.00 bits per heavy atom. The molecule has 2 heteroatoms. The first-order chi connectivity index (χ1) is 0. The first-order valence-corrected chi connectivity index (χ1v) is 0. The Morgan fingerprint density at radius 2 is 1.00 bits per heavy atom. The number of rotatable bonds is 0. The van der Waals surface area contributed by atoms with E-state index >= 15 is 0 Å². The maximum atomic E-state index is 0. The molecule has 0 bridgehead atoms. The predicted molar refractivity (Wildman–Crippen MR) is 29.4 cm³/mol. The van der Waals surface area contributed by atoms with Crippen molar-refractivity contribution in [2.45, 2.75) is 14.9 Å². The smallest absolute Gasteiger partial charge is 1.00 e. The molecule has 24 valence electrons. The molecule has 0 aromatic carbocycles. The minimum absolute atomic E-state index is 0. The van der Waals surface area contributed by atoms with E-state index in [1.807, 2.05) is 0 Å². The van der Waals surface area contributed by atoms with Crippen LogP contribution in [0.1, 0.15) is 20.6 Å². The summed E-state index contributed by atoms with van der Waals surface area (Å²) >= 11 is 0. The van der Waals surface area contributed by atoms with E-state index in [0.717, 1.165) is 0 Å². The standard InChI is InChI=1S/2CH4.Ca.Mg.4H/h2*1H4;;;;;;/q;;2*+2;4*-1. The van der Waals surface area contributed by atoms with E-state index < -0.39 is 0 Å². The van der Waals surface area contributed by atoms with Gasteiger partial charge in [-0.05, 0) is 0 Å². The molecule has 0 atom stereocenters. The van der Waals surface area contributed by atoms with Crippen molar-refractivity contribution < 1.29 is 5.71 Å². The largest absolute Gasteiger partial charge is 2.00 e. The zero-order valence-corrected chi connectivity index (χ0v) is 5.04. The molecule has 0 N–H and O–H groups in total. The van der Waals surface area contributed by atoms with Gasteiger partial charge in [0, 0.05) is 0 Å². The molecule has 0 aliphatic heterocycles. The fourth-order valence-electron chi connectivity index (χ4n) is 0. The first kappa shape index (κ1) is 37.1. The first-order valence-electron chi connectivity index (χ1n) is 0. The van der Waals surface area contributed by atoms with Crippen LogP contribution < -0.4 is 0 Å². The number of hydrogen-bond donors (Lipinski definition) is 0. The van der Waals surface area contributed by atoms with Crippen LogP contribution in [0.2, 0.25) is 0 Å². The molecule has 0 heterocycles. The van der Waals surface area contributed by atoms with Crippen molar-refractivity contribution in [3.63, 3.8) is 0 Å². The van der Waals surface area contributed by atoms with Gasteiger partial charge in [0.1, 0.15) is 0 Å². The van der Waals surface area contributed by atoms with E-state index in [4.69, 9.17) is 0 Å². The van der Waals surface area contributed by atoms with Crippen molar-refractivity contribution >= 4 is 60.8 Å². The molecular weight excluding hydrogens is 88.4 g/mol. The van der Waals surface area contributed by atoms with Crippen LogP contribution in [0.15, 0.2) is 0 Å². The zero-order chi connectivity index (χ0) is 0. The minimum Gasteiger partial charge on any atom is -1.00 e. The molecule has 0 aliphatic rings. The van der Waals surface area contributed by atoms with Crippen LogP contribution in [-0.4, -0.2) is 60.8 Å². The molecule has 0 fully saturated rings. The van der Waals surface area contributed by atoms with Gasteiger partial charge < -0.3 is 5.71 Å². The second-order valence-electron chi connectivity index (χ2n) is 0. The normalized spacial score (nSPS) is 0. The van der Waals surface area contributed by atoms with Crippen molar-refractivity contribution in [3.8, 4) is 0 Å². The molecule has 0 radical (unpaired) electrons. The maximum Gasteiger partial charge on any atom is 2.00 e. The quantitative estimate of drug-likeness (QED) is 0.398. The van der Waals surface area contributed by atoms with Gasteiger partial charge in [-0.3, -0.25) is 0 Å². The summed E-state index contributed by atoms with van der Waals surface area (Å²) in [5.74, 6) is 0. The molecule has 0 aliphatic carbocycles. The average Bonchev–Trinajstić information content (AvgIpc) is 0. The molecule has 0 amide bonds. The fraction of sp³-hybridized carbons (Fsp3) is 1.00. The Kier molecular flexibility index (Phi) is 184. The Balaban J connectivity index is 0. The minimum atomic E-state index is 0. The van der Waals surface area contributed by atoms with Gasteiger partial charge in [0.05, 0.1) is 0 Å². The van der Waals surface area contributed by atoms with Crippen molar-refractivity contribution in [2.24, 2.45) is 0 Å². The third-order valence-electron chi connectivity index (χ3n) is 0. The monoisotopic (exact) mass is 100 g/mol. The van der Waals surface area contributed by atoms with E-state index in [2.05, 4.69) is 0 Å². The molecule has 0 unspecified atom stereocenters. The maximum absolute atomic E-state index is 0. The third-order valence-corrected chi connectivity index (χ3v) is 0. The molecule has 0 spiro atoms. The van der Waals surface area contributed by atoms with E-state index in [0.29, 0.717) is 0 Å². The van der Waals surface area contributed by atoms with Crippen LogP contribution in [0.5, 0.6) is 0 Å². The summed E-state index contributed by atoms with van der Waals surface area (Å²) in [6.45, 7) is 0. The molecule has 0 saturated carbocycles. The van der Waals surface area contributed by atoms with E-state index in [-0.39, 0.29) is 81.4 Å². The Bertz CT molecular complexity index is 14.0. The fourth-order valence-corrected chi connectivity index (χ4v) is 0. The van der Waals surface area contributed by atoms with Crippen molar-refractivity contribution in [1.29, 1.82) is 0 Å². The van der Waals surface area contributed by atoms with E-state index in [9.17, 15) is 0 Å². The molecule has 0 saturated heterocycles. The molecule has 4 heavy (non-hydrogen) atoms. The topological polar surface area (TPSA) is 0 Å². The summed E-state index contributed by atoms with van der Waals surface area (Å²) in [4.78, 5) is 0. The third kappa shape index (κ3) is 8.98. The summed E-state index contributed by atoms with van der Waals surface area (Å²) in [5.41, 5.74) is 0. The van der Waals surface area contributed by atoms with Crippen molar-refractivity contribution in [1.82, 2.24) is 0 Å². The average molecular weight is 101 g/mol. The van der Waals surface area contributed by atoms with Crippen LogP contribution in [-0.2, 0) is 0 Å². The molecule has 0 aromatic rings. The molecule has 0 aromatic heterocycles. The van der Waals surface area contributed by atoms with Crippen molar-refractivity contribution in [2.75, 3.05) is 0 Å². The van der Waals surface area contributed by atoms with Gasteiger partial charge >= 0.3 is 60.8 Å². The van der Waals surface area contributed by atoms with Gasteiger partial charge in [-0.25, -0.2) is 0 Å². The van der Waals surface area contributed by atoms with Gasteiger partial charge in [-0.15, -0.1) is 0 Å². The van der Waals surface area contributed by atoms with Crippen LogP contribution in [0.25, 0.3) is 0 Å². The van der Waals surface area contributed by atoms with E-state index in [1.165, 1.54) is 0 Å². The van der Waals surface area contributed by atoms with Crippen LogP contribution in [0.4, 0.5) is 0 Å². The van der Waals surface area contributed by atoms with Gasteiger partial charge in [0.25, 0.3) is 0 Å². The van der Waals surface area contributed by atoms with Gasteiger partial charge in [0.15, 0.2) is 0 Å². The number of hydrogen-bond acceptors (Lipinski definition) is 0. The summed E-state index contributed by atoms with van der Waals surface area (Å²) in [6, 6.07) is 0. The van der Waals surface area contributed by atoms with Gasteiger partial charge in [-0.2, -0.15) is 0 Å². The predicted octanol–water partition coefficient (Wildman–Crippen LogP) is 0.961. The van der Waals surface area contributed by atoms with Crippen LogP contribution >= 0.6 is 0 Å². The van der Waals surface area contributed by atoms with Crippen LogP contribution in [0, 0.1) is 0 Å². The molecule has 0 rings (SSSR count). The van der Waals surface area contributed by atoms with E-state index in [1.54, 1.807) is 0 Å². The second-order valence-corrected chi connectivity index (χ2v) is 0. The zero-order valence-electron chi connectivity index (χ0n) is 5.41. The van der Waals surface area contributed by atoms with Crippen LogP contribution in [0.3, 0.4) is 0 Å². The Labute approximate surface area is 80.4 Å². The van der Waals surface area contributed by atoms with Crippen molar-refractivity contribution in [3.05, 3.63) is 0 Å². The molecular formula is C2H12CaMg. The molecule has 0 nitrogen and oxygen atoms in total. The Morgan fingerprint density at radius 1 is 1.00 bits per heavy atom. The van der Waals surface area contributed by atoms with Gasteiger partial charge in [-0.1, -0.05) is 14.9 Å². The SMILES string of the molecule is C.C.[Ca+2].[H-].[H-].[H-].[H-].[Mg+2].